The van der Waals surface area contributed by atoms with Crippen molar-refractivity contribution < 1.29 is 13.2 Å². The Morgan fingerprint density at radius 1 is 0.680 bits per heavy atom. The van der Waals surface area contributed by atoms with E-state index in [2.05, 4.69) is 54.8 Å². The minimum atomic E-state index is -4.29. The first-order chi connectivity index (χ1) is 11.6. The monoisotopic (exact) mass is 348 g/mol. The van der Waals surface area contributed by atoms with Crippen molar-refractivity contribution in [1.82, 2.24) is 0 Å². The Hall–Kier alpha value is -2.17. The van der Waals surface area contributed by atoms with Gasteiger partial charge in [-0.1, -0.05) is 32.9 Å². The first-order valence-corrected chi connectivity index (χ1v) is 8.42. The van der Waals surface area contributed by atoms with Crippen molar-refractivity contribution in [3.05, 3.63) is 59.7 Å². The van der Waals surface area contributed by atoms with Gasteiger partial charge in [0, 0.05) is 24.5 Å². The molecule has 2 nitrogen and oxygen atoms in total. The summed E-state index contributed by atoms with van der Waals surface area (Å²) >= 11 is 0. The maximum Gasteiger partial charge on any atom is 0.416 e. The van der Waals surface area contributed by atoms with Gasteiger partial charge < -0.3 is 9.80 Å². The summed E-state index contributed by atoms with van der Waals surface area (Å²) in [4.78, 5) is 4.34. The number of alkyl halides is 3. The minimum absolute atomic E-state index is 0.121. The molecule has 1 aliphatic rings. The number of rotatable bonds is 2. The molecule has 2 aromatic carbocycles. The van der Waals surface area contributed by atoms with Crippen LogP contribution in [-0.4, -0.2) is 19.8 Å². The van der Waals surface area contributed by atoms with E-state index in [1.54, 1.807) is 12.1 Å². The molecule has 25 heavy (non-hydrogen) atoms. The highest BCUT2D eigenvalue weighted by molar-refractivity contribution is 5.56. The Morgan fingerprint density at radius 2 is 1.08 bits per heavy atom. The molecule has 2 aromatic rings. The molecule has 0 aliphatic carbocycles. The molecule has 1 aliphatic heterocycles. The number of benzene rings is 2. The summed E-state index contributed by atoms with van der Waals surface area (Å²) < 4.78 is 38.0. The second kappa shape index (κ2) is 6.28. The number of anilines is 2. The van der Waals surface area contributed by atoms with E-state index in [9.17, 15) is 13.2 Å². The highest BCUT2D eigenvalue weighted by Crippen LogP contribution is 2.32. The Morgan fingerprint density at radius 3 is 1.44 bits per heavy atom. The van der Waals surface area contributed by atoms with Crippen LogP contribution in [0.2, 0.25) is 0 Å². The Kier molecular flexibility index (Phi) is 4.43. The normalized spacial score (nSPS) is 15.8. The van der Waals surface area contributed by atoms with E-state index in [1.165, 1.54) is 5.56 Å². The topological polar surface area (TPSA) is 6.48 Å². The van der Waals surface area contributed by atoms with E-state index in [0.29, 0.717) is 6.67 Å². The average molecular weight is 348 g/mol. The van der Waals surface area contributed by atoms with Crippen LogP contribution >= 0.6 is 0 Å². The molecule has 0 amide bonds. The van der Waals surface area contributed by atoms with E-state index in [4.69, 9.17) is 0 Å². The number of hydrogen-bond donors (Lipinski definition) is 0. The van der Waals surface area contributed by atoms with E-state index in [1.807, 2.05) is 0 Å². The van der Waals surface area contributed by atoms with Gasteiger partial charge in [-0.2, -0.15) is 13.2 Å². The van der Waals surface area contributed by atoms with Gasteiger partial charge >= 0.3 is 6.18 Å². The standard InChI is InChI=1S/C20H23F3N2/c1-19(2,3)15-4-8-17(9-5-15)24-12-13-25(14-24)18-10-6-16(7-11-18)20(21,22)23/h4-11H,12-14H2,1-3H3. The van der Waals surface area contributed by atoms with Crippen LogP contribution in [0.1, 0.15) is 31.9 Å². The Bertz CT molecular complexity index is 649. The maximum atomic E-state index is 12.7. The Balaban J connectivity index is 1.69. The zero-order chi connectivity index (χ0) is 18.2. The summed E-state index contributed by atoms with van der Waals surface area (Å²) in [6.45, 7) is 8.89. The fraction of sp³-hybridized carbons (Fsp3) is 0.400. The zero-order valence-corrected chi connectivity index (χ0v) is 14.8. The highest BCUT2D eigenvalue weighted by Gasteiger charge is 2.30. The van der Waals surface area contributed by atoms with Gasteiger partial charge in [0.25, 0.3) is 0 Å². The van der Waals surface area contributed by atoms with Gasteiger partial charge in [-0.3, -0.25) is 0 Å². The van der Waals surface area contributed by atoms with Crippen LogP contribution in [0, 0.1) is 0 Å². The van der Waals surface area contributed by atoms with E-state index >= 15 is 0 Å². The van der Waals surface area contributed by atoms with Gasteiger partial charge in [0.1, 0.15) is 0 Å². The second-order valence-electron chi connectivity index (χ2n) is 7.51. The van der Waals surface area contributed by atoms with Crippen LogP contribution in [0.3, 0.4) is 0 Å². The second-order valence-corrected chi connectivity index (χ2v) is 7.51. The number of hydrogen-bond acceptors (Lipinski definition) is 2. The third kappa shape index (κ3) is 3.91. The first kappa shape index (κ1) is 17.6. The summed E-state index contributed by atoms with van der Waals surface area (Å²) in [5.41, 5.74) is 2.76. The lowest BCUT2D eigenvalue weighted by molar-refractivity contribution is -0.137. The van der Waals surface area contributed by atoms with Gasteiger partial charge in [-0.15, -0.1) is 0 Å². The van der Waals surface area contributed by atoms with Crippen LogP contribution in [0.15, 0.2) is 48.5 Å². The Labute approximate surface area is 146 Å². The van der Waals surface area contributed by atoms with Crippen LogP contribution in [-0.2, 0) is 11.6 Å². The molecular weight excluding hydrogens is 325 g/mol. The summed E-state index contributed by atoms with van der Waals surface area (Å²) in [6, 6.07) is 13.9. The van der Waals surface area contributed by atoms with E-state index in [0.717, 1.165) is 36.6 Å². The van der Waals surface area contributed by atoms with Crippen molar-refractivity contribution in [2.45, 2.75) is 32.4 Å². The van der Waals surface area contributed by atoms with Gasteiger partial charge in [0.05, 0.1) is 12.2 Å². The van der Waals surface area contributed by atoms with Crippen molar-refractivity contribution in [3.8, 4) is 0 Å². The van der Waals surface area contributed by atoms with Crippen molar-refractivity contribution >= 4 is 11.4 Å². The molecule has 0 bridgehead atoms. The lowest BCUT2D eigenvalue weighted by Gasteiger charge is -2.23. The smallest absolute Gasteiger partial charge is 0.352 e. The van der Waals surface area contributed by atoms with Crippen molar-refractivity contribution in [1.29, 1.82) is 0 Å². The molecule has 1 heterocycles. The highest BCUT2D eigenvalue weighted by atomic mass is 19.4. The molecule has 0 aromatic heterocycles. The molecular formula is C20H23F3N2. The first-order valence-electron chi connectivity index (χ1n) is 8.42. The van der Waals surface area contributed by atoms with Crippen molar-refractivity contribution in [3.63, 3.8) is 0 Å². The third-order valence-corrected chi connectivity index (χ3v) is 4.64. The number of nitrogens with zero attached hydrogens (tertiary/aromatic N) is 2. The fourth-order valence-corrected chi connectivity index (χ4v) is 3.04. The molecule has 0 N–H and O–H groups in total. The SMILES string of the molecule is CC(C)(C)c1ccc(N2CCN(c3ccc(C(F)(F)F)cc3)C2)cc1. The summed E-state index contributed by atoms with van der Waals surface area (Å²) in [7, 11) is 0. The van der Waals surface area contributed by atoms with Crippen LogP contribution in [0.5, 0.6) is 0 Å². The molecule has 0 unspecified atom stereocenters. The lowest BCUT2D eigenvalue weighted by Crippen LogP contribution is -2.25. The fourth-order valence-electron chi connectivity index (χ4n) is 3.04. The van der Waals surface area contributed by atoms with Crippen molar-refractivity contribution in [2.75, 3.05) is 29.6 Å². The molecule has 0 spiro atoms. The molecule has 134 valence electrons. The summed E-state index contributed by atoms with van der Waals surface area (Å²) in [5.74, 6) is 0. The van der Waals surface area contributed by atoms with Gasteiger partial charge in [-0.25, -0.2) is 0 Å². The zero-order valence-electron chi connectivity index (χ0n) is 14.8. The van der Waals surface area contributed by atoms with Crippen LogP contribution < -0.4 is 9.80 Å². The van der Waals surface area contributed by atoms with Gasteiger partial charge in [0.15, 0.2) is 0 Å². The summed E-state index contributed by atoms with van der Waals surface area (Å²) in [5, 5.41) is 0. The minimum Gasteiger partial charge on any atom is -0.352 e. The molecule has 5 heteroatoms. The maximum absolute atomic E-state index is 12.7. The van der Waals surface area contributed by atoms with Gasteiger partial charge in [-0.05, 0) is 47.4 Å². The molecule has 0 radical (unpaired) electrons. The number of halogens is 3. The predicted octanol–water partition coefficient (Wildman–Crippen LogP) is 5.29. The predicted molar refractivity (Wildman–Crippen MR) is 96.1 cm³/mol. The largest absolute Gasteiger partial charge is 0.416 e. The third-order valence-electron chi connectivity index (χ3n) is 4.64. The average Bonchev–Trinajstić information content (AvgIpc) is 3.03. The lowest BCUT2D eigenvalue weighted by atomic mass is 9.87. The van der Waals surface area contributed by atoms with Crippen molar-refractivity contribution in [2.24, 2.45) is 0 Å². The molecule has 1 fully saturated rings. The molecule has 0 atom stereocenters. The van der Waals surface area contributed by atoms with Crippen LogP contribution in [0.4, 0.5) is 24.5 Å². The van der Waals surface area contributed by atoms with E-state index in [-0.39, 0.29) is 5.41 Å². The van der Waals surface area contributed by atoms with E-state index < -0.39 is 11.7 Å². The quantitative estimate of drug-likeness (QED) is 0.728. The molecule has 0 saturated carbocycles. The molecule has 3 rings (SSSR count). The molecule has 1 saturated heterocycles. The van der Waals surface area contributed by atoms with Crippen LogP contribution in [0.25, 0.3) is 0 Å². The summed E-state index contributed by atoms with van der Waals surface area (Å²) in [6.07, 6.45) is -4.29. The van der Waals surface area contributed by atoms with Gasteiger partial charge in [0.2, 0.25) is 0 Å².